The maximum absolute atomic E-state index is 11.3. The molecule has 1 aromatic rings. The van der Waals surface area contributed by atoms with Crippen molar-refractivity contribution in [2.24, 2.45) is 0 Å². The van der Waals surface area contributed by atoms with Crippen LogP contribution in [-0.2, 0) is 0 Å². The largest absolute Gasteiger partial charge is 0.478 e. The number of carboxylic acid groups (broad SMARTS) is 1. The molecule has 0 unspecified atom stereocenters. The van der Waals surface area contributed by atoms with Crippen LogP contribution in [0.3, 0.4) is 0 Å². The van der Waals surface area contributed by atoms with Crippen LogP contribution < -0.4 is 10.2 Å². The highest BCUT2D eigenvalue weighted by Gasteiger charge is 2.22. The Morgan fingerprint density at radius 1 is 1.53 bits per heavy atom. The van der Waals surface area contributed by atoms with Gasteiger partial charge in [-0.25, -0.2) is 14.6 Å². The number of carbonyl (C=O) groups excluding carboxylic acids is 1. The maximum atomic E-state index is 11.3. The Morgan fingerprint density at radius 3 is 2.80 bits per heavy atom. The third kappa shape index (κ3) is 1.74. The summed E-state index contributed by atoms with van der Waals surface area (Å²) in [6, 6.07) is 2.75. The molecule has 2 amide bonds. The van der Waals surface area contributed by atoms with Crippen LogP contribution in [0.25, 0.3) is 0 Å². The molecule has 2 rings (SSSR count). The molecule has 6 nitrogen and oxygen atoms in total. The summed E-state index contributed by atoms with van der Waals surface area (Å²) < 4.78 is 0. The van der Waals surface area contributed by atoms with Gasteiger partial charge in [-0.2, -0.15) is 0 Å². The van der Waals surface area contributed by atoms with Crippen LogP contribution in [0.15, 0.2) is 18.3 Å². The first-order valence-corrected chi connectivity index (χ1v) is 4.43. The van der Waals surface area contributed by atoms with Crippen molar-refractivity contribution >= 4 is 17.8 Å². The first-order valence-electron chi connectivity index (χ1n) is 4.43. The standard InChI is InChI=1S/C9H9N3O3/c13-8(14)6-1-2-7(11-5-6)12-4-3-10-9(12)15/h1-2,5H,3-4H2,(H,10,15)(H,13,14). The number of hydrogen-bond donors (Lipinski definition) is 2. The molecule has 1 saturated heterocycles. The number of hydrogen-bond acceptors (Lipinski definition) is 3. The van der Waals surface area contributed by atoms with E-state index in [0.29, 0.717) is 18.9 Å². The smallest absolute Gasteiger partial charge is 0.337 e. The number of anilines is 1. The fraction of sp³-hybridized carbons (Fsp3) is 0.222. The van der Waals surface area contributed by atoms with Gasteiger partial charge in [0.15, 0.2) is 0 Å². The van der Waals surface area contributed by atoms with Crippen molar-refractivity contribution in [2.75, 3.05) is 18.0 Å². The number of amides is 2. The summed E-state index contributed by atoms with van der Waals surface area (Å²) in [5, 5.41) is 11.3. The lowest BCUT2D eigenvalue weighted by molar-refractivity contribution is 0.0696. The van der Waals surface area contributed by atoms with E-state index in [2.05, 4.69) is 10.3 Å². The SMILES string of the molecule is O=C(O)c1ccc(N2CCNC2=O)nc1. The Kier molecular flexibility index (Phi) is 2.24. The van der Waals surface area contributed by atoms with Gasteiger partial charge >= 0.3 is 12.0 Å². The summed E-state index contributed by atoms with van der Waals surface area (Å²) in [4.78, 5) is 27.2. The Bertz CT molecular complexity index is 402. The van der Waals surface area contributed by atoms with Crippen LogP contribution in [0.1, 0.15) is 10.4 Å². The van der Waals surface area contributed by atoms with Gasteiger partial charge < -0.3 is 10.4 Å². The van der Waals surface area contributed by atoms with Crippen LogP contribution in [0.5, 0.6) is 0 Å². The minimum atomic E-state index is -1.03. The molecule has 1 aromatic heterocycles. The molecule has 15 heavy (non-hydrogen) atoms. The van der Waals surface area contributed by atoms with E-state index >= 15 is 0 Å². The van der Waals surface area contributed by atoms with Crippen molar-refractivity contribution in [3.8, 4) is 0 Å². The molecule has 0 spiro atoms. The predicted octanol–water partition coefficient (Wildman–Crippen LogP) is 0.309. The summed E-state index contributed by atoms with van der Waals surface area (Å²) in [6.07, 6.45) is 1.24. The van der Waals surface area contributed by atoms with E-state index in [9.17, 15) is 9.59 Å². The highest BCUT2D eigenvalue weighted by Crippen LogP contribution is 2.13. The number of carboxylic acids is 1. The molecule has 0 radical (unpaired) electrons. The molecule has 0 aromatic carbocycles. The van der Waals surface area contributed by atoms with Crippen LogP contribution in [0.4, 0.5) is 10.6 Å². The maximum Gasteiger partial charge on any atom is 0.337 e. The van der Waals surface area contributed by atoms with E-state index < -0.39 is 5.97 Å². The van der Waals surface area contributed by atoms with Gasteiger partial charge in [0.2, 0.25) is 0 Å². The summed E-state index contributed by atoms with van der Waals surface area (Å²) >= 11 is 0. The van der Waals surface area contributed by atoms with Gasteiger partial charge in [-0.1, -0.05) is 0 Å². The van der Waals surface area contributed by atoms with E-state index in [0.717, 1.165) is 0 Å². The summed E-state index contributed by atoms with van der Waals surface area (Å²) in [6.45, 7) is 1.14. The molecule has 0 bridgehead atoms. The average Bonchev–Trinajstić information content (AvgIpc) is 2.65. The fourth-order valence-electron chi connectivity index (χ4n) is 1.36. The second-order valence-corrected chi connectivity index (χ2v) is 3.09. The highest BCUT2D eigenvalue weighted by atomic mass is 16.4. The molecule has 1 fully saturated rings. The monoisotopic (exact) mass is 207 g/mol. The van der Waals surface area contributed by atoms with Gasteiger partial charge in [0.1, 0.15) is 5.82 Å². The van der Waals surface area contributed by atoms with E-state index in [1.54, 1.807) is 0 Å². The minimum Gasteiger partial charge on any atom is -0.478 e. The first kappa shape index (κ1) is 9.45. The molecular formula is C9H9N3O3. The Balaban J connectivity index is 2.23. The number of pyridine rings is 1. The Morgan fingerprint density at radius 2 is 2.33 bits per heavy atom. The number of carbonyl (C=O) groups is 2. The quantitative estimate of drug-likeness (QED) is 0.731. The normalized spacial score (nSPS) is 15.2. The second kappa shape index (κ2) is 3.56. The van der Waals surface area contributed by atoms with Gasteiger partial charge in [0.25, 0.3) is 0 Å². The van der Waals surface area contributed by atoms with Crippen molar-refractivity contribution in [3.05, 3.63) is 23.9 Å². The van der Waals surface area contributed by atoms with Gasteiger partial charge in [0.05, 0.1) is 5.56 Å². The van der Waals surface area contributed by atoms with Gasteiger partial charge in [-0.3, -0.25) is 4.90 Å². The second-order valence-electron chi connectivity index (χ2n) is 3.09. The lowest BCUT2D eigenvalue weighted by atomic mass is 10.3. The molecule has 78 valence electrons. The van der Waals surface area contributed by atoms with Crippen molar-refractivity contribution in [1.82, 2.24) is 10.3 Å². The van der Waals surface area contributed by atoms with E-state index in [-0.39, 0.29) is 11.6 Å². The summed E-state index contributed by atoms with van der Waals surface area (Å²) in [5.74, 6) is -0.560. The first-order chi connectivity index (χ1) is 7.18. The van der Waals surface area contributed by atoms with Gasteiger partial charge in [0, 0.05) is 19.3 Å². The molecule has 2 N–H and O–H groups in total. The molecule has 0 aliphatic carbocycles. The van der Waals surface area contributed by atoms with Crippen molar-refractivity contribution in [2.45, 2.75) is 0 Å². The molecule has 6 heteroatoms. The summed E-state index contributed by atoms with van der Waals surface area (Å²) in [7, 11) is 0. The zero-order valence-corrected chi connectivity index (χ0v) is 7.80. The third-order valence-electron chi connectivity index (χ3n) is 2.13. The number of nitrogens with one attached hydrogen (secondary N) is 1. The van der Waals surface area contributed by atoms with E-state index in [1.165, 1.54) is 23.2 Å². The van der Waals surface area contributed by atoms with E-state index in [4.69, 9.17) is 5.11 Å². The van der Waals surface area contributed by atoms with Crippen LogP contribution in [0, 0.1) is 0 Å². The van der Waals surface area contributed by atoms with Crippen LogP contribution >= 0.6 is 0 Å². The predicted molar refractivity (Wildman–Crippen MR) is 51.9 cm³/mol. The third-order valence-corrected chi connectivity index (χ3v) is 2.13. The minimum absolute atomic E-state index is 0.110. The summed E-state index contributed by atoms with van der Waals surface area (Å²) in [5.41, 5.74) is 0.110. The number of aromatic nitrogens is 1. The number of nitrogens with zero attached hydrogens (tertiary/aromatic N) is 2. The molecular weight excluding hydrogens is 198 g/mol. The molecule has 2 heterocycles. The lowest BCUT2D eigenvalue weighted by Crippen LogP contribution is -2.28. The Hall–Kier alpha value is -2.11. The molecule has 0 saturated carbocycles. The van der Waals surface area contributed by atoms with Crippen molar-refractivity contribution in [1.29, 1.82) is 0 Å². The number of urea groups is 1. The number of aromatic carboxylic acids is 1. The molecule has 1 aliphatic heterocycles. The molecule has 0 atom stereocenters. The van der Waals surface area contributed by atoms with Gasteiger partial charge in [-0.05, 0) is 12.1 Å². The number of rotatable bonds is 2. The average molecular weight is 207 g/mol. The van der Waals surface area contributed by atoms with Crippen molar-refractivity contribution in [3.63, 3.8) is 0 Å². The van der Waals surface area contributed by atoms with Gasteiger partial charge in [-0.15, -0.1) is 0 Å². The topological polar surface area (TPSA) is 82.5 Å². The van der Waals surface area contributed by atoms with Crippen molar-refractivity contribution < 1.29 is 14.7 Å². The van der Waals surface area contributed by atoms with E-state index in [1.807, 2.05) is 0 Å². The highest BCUT2D eigenvalue weighted by molar-refractivity contribution is 5.93. The zero-order chi connectivity index (χ0) is 10.8. The van der Waals surface area contributed by atoms with Crippen LogP contribution in [0.2, 0.25) is 0 Å². The van der Waals surface area contributed by atoms with Crippen LogP contribution in [-0.4, -0.2) is 35.2 Å². The fourth-order valence-corrected chi connectivity index (χ4v) is 1.36. The Labute approximate surface area is 85.5 Å². The molecule has 1 aliphatic rings. The zero-order valence-electron chi connectivity index (χ0n) is 7.80. The lowest BCUT2D eigenvalue weighted by Gasteiger charge is -2.12.